The molecule has 4 heterocycles. The van der Waals surface area contributed by atoms with Gasteiger partial charge in [0.15, 0.2) is 17.0 Å². The summed E-state index contributed by atoms with van der Waals surface area (Å²) in [6, 6.07) is 0. The maximum absolute atomic E-state index is 10.8. The number of hydrogen-bond acceptors (Lipinski definition) is 9. The van der Waals surface area contributed by atoms with Crippen LogP contribution in [0.1, 0.15) is 13.2 Å². The van der Waals surface area contributed by atoms with Gasteiger partial charge in [-0.3, -0.25) is 0 Å². The van der Waals surface area contributed by atoms with Gasteiger partial charge in [0.1, 0.15) is 23.6 Å². The second-order valence-corrected chi connectivity index (χ2v) is 7.21. The minimum Gasteiger partial charge on any atom is -0.394 e. The van der Waals surface area contributed by atoms with Gasteiger partial charge in [0, 0.05) is 19.3 Å². The lowest BCUT2D eigenvalue weighted by Gasteiger charge is -2.27. The largest absolute Gasteiger partial charge is 0.394 e. The topological polar surface area (TPSA) is 125 Å². The molecule has 10 heteroatoms. The first-order valence-corrected chi connectivity index (χ1v) is 9.31. The zero-order chi connectivity index (χ0) is 17.8. The Bertz CT molecular complexity index is 811. The molecule has 0 bridgehead atoms. The summed E-state index contributed by atoms with van der Waals surface area (Å²) in [5.41, 5.74) is -0.134. The molecular formula is C15H21N5O4S. The molecule has 9 nitrogen and oxygen atoms in total. The Balaban J connectivity index is 1.91. The minimum atomic E-state index is -1.57. The summed E-state index contributed by atoms with van der Waals surface area (Å²) in [6.45, 7) is 2.57. The fraction of sp³-hybridized carbons (Fsp3) is 0.600. The van der Waals surface area contributed by atoms with Crippen molar-refractivity contribution in [3.8, 4) is 0 Å². The first kappa shape index (κ1) is 16.9. The molecule has 2 aliphatic rings. The maximum Gasteiger partial charge on any atom is 0.191 e. The van der Waals surface area contributed by atoms with Crippen LogP contribution in [0.15, 0.2) is 11.4 Å². The summed E-state index contributed by atoms with van der Waals surface area (Å²) >= 11 is 1.42. The Morgan fingerprint density at radius 2 is 2.16 bits per heavy atom. The maximum atomic E-state index is 10.8. The zero-order valence-electron chi connectivity index (χ0n) is 13.9. The third-order valence-corrected chi connectivity index (χ3v) is 5.30. The van der Waals surface area contributed by atoms with Gasteiger partial charge in [-0.25, -0.2) is 9.97 Å². The van der Waals surface area contributed by atoms with E-state index in [1.807, 2.05) is 12.5 Å². The van der Waals surface area contributed by atoms with Crippen molar-refractivity contribution in [1.29, 1.82) is 0 Å². The Morgan fingerprint density at radius 3 is 2.84 bits per heavy atom. The molecule has 1 unspecified atom stereocenters. The highest BCUT2D eigenvalue weighted by molar-refractivity contribution is 7.98. The van der Waals surface area contributed by atoms with E-state index >= 15 is 0 Å². The van der Waals surface area contributed by atoms with Crippen molar-refractivity contribution >= 4 is 34.3 Å². The summed E-state index contributed by atoms with van der Waals surface area (Å²) in [5.74, 6) is 0.727. The van der Waals surface area contributed by atoms with Gasteiger partial charge in [-0.2, -0.15) is 0 Å². The highest BCUT2D eigenvalue weighted by atomic mass is 32.2. The van der Waals surface area contributed by atoms with E-state index in [2.05, 4.69) is 20.6 Å². The van der Waals surface area contributed by atoms with E-state index in [4.69, 9.17) is 4.74 Å². The van der Waals surface area contributed by atoms with Crippen LogP contribution in [0.25, 0.3) is 11.0 Å². The van der Waals surface area contributed by atoms with E-state index in [0.29, 0.717) is 17.3 Å². The molecular weight excluding hydrogens is 346 g/mol. The number of nitrogens with one attached hydrogen (secondary N) is 2. The van der Waals surface area contributed by atoms with Gasteiger partial charge in [-0.1, -0.05) is 11.8 Å². The molecule has 25 heavy (non-hydrogen) atoms. The highest BCUT2D eigenvalue weighted by Crippen LogP contribution is 2.42. The Morgan fingerprint density at radius 1 is 1.40 bits per heavy atom. The van der Waals surface area contributed by atoms with E-state index in [-0.39, 0.29) is 6.61 Å². The standard InChI is InChI=1S/C15H21N5O4S/c1-15(23)10(22)8(6-21)24-13(15)20-5-7-9-11(17-4-3-16-7)18-14(25-2)19-12(9)20/h5,8,10,13,16,21-23H,3-4,6H2,1-2H3,(H,17,18,19)/t8-,10-,13?,15-/m1/s1. The monoisotopic (exact) mass is 367 g/mol. The van der Waals surface area contributed by atoms with E-state index < -0.39 is 24.0 Å². The van der Waals surface area contributed by atoms with Gasteiger partial charge in [-0.15, -0.1) is 0 Å². The van der Waals surface area contributed by atoms with E-state index in [1.54, 1.807) is 4.57 Å². The lowest BCUT2D eigenvalue weighted by Crippen LogP contribution is -2.44. The van der Waals surface area contributed by atoms with Crippen LogP contribution in [0.5, 0.6) is 0 Å². The molecule has 4 rings (SSSR count). The Labute approximate surface area is 148 Å². The molecule has 1 fully saturated rings. The van der Waals surface area contributed by atoms with Crippen LogP contribution in [-0.2, 0) is 4.74 Å². The lowest BCUT2D eigenvalue weighted by atomic mass is 9.96. The van der Waals surface area contributed by atoms with Gasteiger partial charge >= 0.3 is 0 Å². The van der Waals surface area contributed by atoms with Crippen molar-refractivity contribution in [2.24, 2.45) is 0 Å². The number of anilines is 2. The number of aromatic nitrogens is 3. The molecule has 0 saturated carbocycles. The van der Waals surface area contributed by atoms with Crippen LogP contribution < -0.4 is 10.6 Å². The van der Waals surface area contributed by atoms with Gasteiger partial charge in [-0.05, 0) is 13.2 Å². The number of nitrogens with zero attached hydrogens (tertiary/aromatic N) is 3. The second-order valence-electron chi connectivity index (χ2n) is 6.44. The molecule has 5 N–H and O–H groups in total. The average molecular weight is 367 g/mol. The van der Waals surface area contributed by atoms with Crippen molar-refractivity contribution in [3.63, 3.8) is 0 Å². The number of ether oxygens (including phenoxy) is 1. The Kier molecular flexibility index (Phi) is 4.04. The molecule has 0 aromatic carbocycles. The van der Waals surface area contributed by atoms with Crippen LogP contribution in [0.3, 0.4) is 0 Å². The number of thioether (sulfide) groups is 1. The number of hydrogen-bond donors (Lipinski definition) is 5. The lowest BCUT2D eigenvalue weighted by molar-refractivity contribution is -0.0948. The second kappa shape index (κ2) is 5.99. The van der Waals surface area contributed by atoms with Crippen molar-refractivity contribution < 1.29 is 20.1 Å². The number of rotatable bonds is 3. The molecule has 136 valence electrons. The summed E-state index contributed by atoms with van der Waals surface area (Å²) in [5, 5.41) is 38.5. The first-order chi connectivity index (χ1) is 12.0. The predicted molar refractivity (Wildman–Crippen MR) is 93.9 cm³/mol. The normalized spacial score (nSPS) is 31.6. The third-order valence-electron chi connectivity index (χ3n) is 4.75. The summed E-state index contributed by atoms with van der Waals surface area (Å²) in [4.78, 5) is 9.11. The van der Waals surface area contributed by atoms with Gasteiger partial charge in [0.05, 0.1) is 17.7 Å². The summed E-state index contributed by atoms with van der Waals surface area (Å²) in [7, 11) is 0. The third kappa shape index (κ3) is 2.48. The molecule has 0 radical (unpaired) electrons. The van der Waals surface area contributed by atoms with Crippen molar-refractivity contribution in [1.82, 2.24) is 14.5 Å². The molecule has 2 aromatic heterocycles. The van der Waals surface area contributed by atoms with Crippen molar-refractivity contribution in [2.45, 2.75) is 36.1 Å². The molecule has 2 aliphatic heterocycles. The van der Waals surface area contributed by atoms with E-state index in [0.717, 1.165) is 23.4 Å². The SMILES string of the molecule is CSc1nc2c3c(cn(C4O[C@H](CO)[C@@H](O)[C@@]4(C)O)c3n1)NCCN2. The highest BCUT2D eigenvalue weighted by Gasteiger charge is 2.53. The van der Waals surface area contributed by atoms with Gasteiger partial charge in [0.25, 0.3) is 0 Å². The van der Waals surface area contributed by atoms with E-state index in [9.17, 15) is 15.3 Å². The Hall–Kier alpha value is -1.59. The summed E-state index contributed by atoms with van der Waals surface area (Å²) < 4.78 is 7.46. The van der Waals surface area contributed by atoms with Crippen LogP contribution in [0, 0.1) is 0 Å². The molecule has 0 aliphatic carbocycles. The molecule has 0 spiro atoms. The molecule has 1 saturated heterocycles. The fourth-order valence-electron chi connectivity index (χ4n) is 3.43. The zero-order valence-corrected chi connectivity index (χ0v) is 14.7. The van der Waals surface area contributed by atoms with Crippen LogP contribution in [0.2, 0.25) is 0 Å². The van der Waals surface area contributed by atoms with Crippen molar-refractivity contribution in [2.75, 3.05) is 36.6 Å². The number of aliphatic hydroxyl groups excluding tert-OH is 2. The van der Waals surface area contributed by atoms with Gasteiger partial charge in [0.2, 0.25) is 0 Å². The summed E-state index contributed by atoms with van der Waals surface area (Å²) in [6.07, 6.45) is 0.760. The van der Waals surface area contributed by atoms with Crippen molar-refractivity contribution in [3.05, 3.63) is 6.20 Å². The molecule has 0 amide bonds. The molecule has 2 aromatic rings. The number of aliphatic hydroxyl groups is 3. The predicted octanol–water partition coefficient (Wildman–Crippen LogP) is -0.00780. The van der Waals surface area contributed by atoms with Crippen LogP contribution in [-0.4, -0.2) is 73.6 Å². The minimum absolute atomic E-state index is 0.379. The van der Waals surface area contributed by atoms with Gasteiger partial charge < -0.3 is 35.3 Å². The molecule has 4 atom stereocenters. The fourth-order valence-corrected chi connectivity index (χ4v) is 3.79. The van der Waals surface area contributed by atoms with Crippen LogP contribution >= 0.6 is 11.8 Å². The van der Waals surface area contributed by atoms with Crippen LogP contribution in [0.4, 0.5) is 11.5 Å². The smallest absolute Gasteiger partial charge is 0.191 e. The average Bonchev–Trinajstić information content (AvgIpc) is 2.96. The first-order valence-electron chi connectivity index (χ1n) is 8.08. The quantitative estimate of drug-likeness (QED) is 0.376. The van der Waals surface area contributed by atoms with E-state index in [1.165, 1.54) is 18.7 Å².